The fraction of sp³-hybridized carbons (Fsp3) is 0.600. The predicted octanol–water partition coefficient (Wildman–Crippen LogP) is 3.60. The summed E-state index contributed by atoms with van der Waals surface area (Å²) in [6, 6.07) is 2.92. The number of benzene rings is 1. The van der Waals surface area contributed by atoms with E-state index < -0.39 is 11.6 Å². The quantitative estimate of drug-likeness (QED) is 0.649. The Kier molecular flexibility index (Phi) is 3.92. The molecular weight excluding hydrogens is 246 g/mol. The molecule has 1 aliphatic rings. The van der Waals surface area contributed by atoms with Crippen molar-refractivity contribution in [3.05, 3.63) is 34.9 Å². The van der Waals surface area contributed by atoms with E-state index in [-0.39, 0.29) is 17.4 Å². The number of rotatable bonds is 3. The maximum atomic E-state index is 14.1. The lowest BCUT2D eigenvalue weighted by atomic mass is 9.75. The average molecular weight is 268 g/mol. The Hall–Kier alpha value is -1.00. The van der Waals surface area contributed by atoms with E-state index in [1.807, 2.05) is 0 Å². The topological polar surface area (TPSA) is 38.0 Å². The number of nitrogens with one attached hydrogen (secondary N) is 1. The van der Waals surface area contributed by atoms with Crippen LogP contribution in [0, 0.1) is 29.9 Å². The first-order valence-electron chi connectivity index (χ1n) is 6.79. The summed E-state index contributed by atoms with van der Waals surface area (Å²) < 4.78 is 27.9. The third-order valence-electron chi connectivity index (χ3n) is 4.56. The highest BCUT2D eigenvalue weighted by Crippen LogP contribution is 2.48. The molecule has 3 N–H and O–H groups in total. The molecule has 19 heavy (non-hydrogen) atoms. The molecule has 4 heteroatoms. The second-order valence-electron chi connectivity index (χ2n) is 6.23. The van der Waals surface area contributed by atoms with Crippen molar-refractivity contribution in [2.75, 3.05) is 0 Å². The van der Waals surface area contributed by atoms with E-state index >= 15 is 0 Å². The Morgan fingerprint density at radius 2 is 2.00 bits per heavy atom. The van der Waals surface area contributed by atoms with Gasteiger partial charge in [0.25, 0.3) is 0 Å². The van der Waals surface area contributed by atoms with Crippen LogP contribution in [0.2, 0.25) is 0 Å². The molecule has 0 saturated heterocycles. The van der Waals surface area contributed by atoms with Gasteiger partial charge in [0.05, 0.1) is 6.04 Å². The van der Waals surface area contributed by atoms with Gasteiger partial charge in [0.2, 0.25) is 0 Å². The van der Waals surface area contributed by atoms with Crippen molar-refractivity contribution >= 4 is 0 Å². The summed E-state index contributed by atoms with van der Waals surface area (Å²) in [5.41, 5.74) is 3.45. The van der Waals surface area contributed by atoms with Crippen molar-refractivity contribution in [3.63, 3.8) is 0 Å². The minimum atomic E-state index is -0.773. The summed E-state index contributed by atoms with van der Waals surface area (Å²) in [4.78, 5) is 0. The first kappa shape index (κ1) is 14.4. The molecule has 0 spiro atoms. The lowest BCUT2D eigenvalue weighted by Gasteiger charge is -2.34. The summed E-state index contributed by atoms with van der Waals surface area (Å²) in [6.07, 6.45) is 3.18. The fourth-order valence-corrected chi connectivity index (χ4v) is 3.30. The molecule has 1 aromatic rings. The van der Waals surface area contributed by atoms with E-state index in [0.29, 0.717) is 11.1 Å². The second-order valence-corrected chi connectivity index (χ2v) is 6.23. The van der Waals surface area contributed by atoms with Crippen LogP contribution in [-0.2, 0) is 0 Å². The highest BCUT2D eigenvalue weighted by molar-refractivity contribution is 5.29. The first-order valence-corrected chi connectivity index (χ1v) is 6.79. The van der Waals surface area contributed by atoms with Crippen LogP contribution in [-0.4, -0.2) is 0 Å². The normalized spacial score (nSPS) is 23.6. The molecule has 0 heterocycles. The lowest BCUT2D eigenvalue weighted by molar-refractivity contribution is 0.194. The molecule has 0 radical (unpaired) electrons. The third kappa shape index (κ3) is 2.51. The molecule has 0 aliphatic heterocycles. The van der Waals surface area contributed by atoms with Gasteiger partial charge in [0, 0.05) is 5.56 Å². The number of hydrogen-bond acceptors (Lipinski definition) is 2. The zero-order valence-corrected chi connectivity index (χ0v) is 11.8. The zero-order chi connectivity index (χ0) is 14.2. The van der Waals surface area contributed by atoms with E-state index in [4.69, 9.17) is 5.84 Å². The highest BCUT2D eigenvalue weighted by Gasteiger charge is 2.40. The van der Waals surface area contributed by atoms with E-state index in [1.54, 1.807) is 19.1 Å². The smallest absolute Gasteiger partial charge is 0.163 e. The lowest BCUT2D eigenvalue weighted by Crippen LogP contribution is -2.38. The molecule has 1 fully saturated rings. The van der Waals surface area contributed by atoms with Crippen LogP contribution < -0.4 is 11.3 Å². The summed E-state index contributed by atoms with van der Waals surface area (Å²) in [5.74, 6) is 4.30. The number of nitrogens with two attached hydrogens (primary N) is 1. The molecule has 2 atom stereocenters. The van der Waals surface area contributed by atoms with Gasteiger partial charge < -0.3 is 0 Å². The summed E-state index contributed by atoms with van der Waals surface area (Å²) in [6.45, 7) is 5.89. The Morgan fingerprint density at radius 3 is 2.53 bits per heavy atom. The molecule has 1 saturated carbocycles. The number of hydrazine groups is 1. The number of aryl methyl sites for hydroxylation is 1. The molecule has 1 aromatic carbocycles. The zero-order valence-electron chi connectivity index (χ0n) is 11.8. The van der Waals surface area contributed by atoms with Crippen molar-refractivity contribution < 1.29 is 8.78 Å². The number of halogens is 2. The van der Waals surface area contributed by atoms with Gasteiger partial charge in [-0.2, -0.15) is 0 Å². The molecule has 0 amide bonds. The summed E-state index contributed by atoms with van der Waals surface area (Å²) >= 11 is 0. The van der Waals surface area contributed by atoms with Crippen molar-refractivity contribution in [2.24, 2.45) is 17.2 Å². The average Bonchev–Trinajstić information content (AvgIpc) is 2.70. The van der Waals surface area contributed by atoms with Gasteiger partial charge in [0.1, 0.15) is 0 Å². The standard InChI is InChI=1S/C15H22F2N2/c1-9-6-7-10(13(17)12(9)16)14(19-18)11-5-4-8-15(11,2)3/h6-7,11,14,19H,4-5,8,18H2,1-3H3. The van der Waals surface area contributed by atoms with Crippen molar-refractivity contribution in [3.8, 4) is 0 Å². The maximum Gasteiger partial charge on any atom is 0.163 e. The summed E-state index contributed by atoms with van der Waals surface area (Å²) in [5, 5.41) is 0. The predicted molar refractivity (Wildman–Crippen MR) is 72.3 cm³/mol. The molecule has 0 aromatic heterocycles. The Balaban J connectivity index is 2.40. The van der Waals surface area contributed by atoms with E-state index in [9.17, 15) is 8.78 Å². The third-order valence-corrected chi connectivity index (χ3v) is 4.56. The van der Waals surface area contributed by atoms with Gasteiger partial charge in [-0.15, -0.1) is 0 Å². The largest absolute Gasteiger partial charge is 0.271 e. The molecule has 1 aliphatic carbocycles. The van der Waals surface area contributed by atoms with Crippen LogP contribution in [0.3, 0.4) is 0 Å². The molecule has 2 nitrogen and oxygen atoms in total. The minimum absolute atomic E-state index is 0.0881. The summed E-state index contributed by atoms with van der Waals surface area (Å²) in [7, 11) is 0. The van der Waals surface area contributed by atoms with Crippen LogP contribution in [0.5, 0.6) is 0 Å². The maximum absolute atomic E-state index is 14.1. The Morgan fingerprint density at radius 1 is 1.32 bits per heavy atom. The molecule has 2 rings (SSSR count). The van der Waals surface area contributed by atoms with E-state index in [1.165, 1.54) is 0 Å². The van der Waals surface area contributed by atoms with Gasteiger partial charge in [-0.05, 0) is 36.7 Å². The van der Waals surface area contributed by atoms with Crippen LogP contribution >= 0.6 is 0 Å². The van der Waals surface area contributed by atoms with Crippen LogP contribution in [0.4, 0.5) is 8.78 Å². The number of hydrogen-bond donors (Lipinski definition) is 2. The van der Waals surface area contributed by atoms with Gasteiger partial charge in [-0.25, -0.2) is 8.78 Å². The van der Waals surface area contributed by atoms with Gasteiger partial charge in [-0.1, -0.05) is 32.4 Å². The van der Waals surface area contributed by atoms with Gasteiger partial charge in [0.15, 0.2) is 11.6 Å². The van der Waals surface area contributed by atoms with Crippen LogP contribution in [0.1, 0.15) is 50.3 Å². The Labute approximate surface area is 113 Å². The van der Waals surface area contributed by atoms with Gasteiger partial charge in [-0.3, -0.25) is 11.3 Å². The van der Waals surface area contributed by atoms with Crippen molar-refractivity contribution in [1.82, 2.24) is 5.43 Å². The monoisotopic (exact) mass is 268 g/mol. The van der Waals surface area contributed by atoms with Crippen molar-refractivity contribution in [1.29, 1.82) is 0 Å². The highest BCUT2D eigenvalue weighted by atomic mass is 19.2. The van der Waals surface area contributed by atoms with Crippen molar-refractivity contribution in [2.45, 2.75) is 46.1 Å². The van der Waals surface area contributed by atoms with E-state index in [0.717, 1.165) is 19.3 Å². The molecular formula is C15H22F2N2. The molecule has 0 bridgehead atoms. The van der Waals surface area contributed by atoms with Crippen LogP contribution in [0.25, 0.3) is 0 Å². The van der Waals surface area contributed by atoms with Gasteiger partial charge >= 0.3 is 0 Å². The Bertz CT molecular complexity index is 471. The molecule has 106 valence electrons. The first-order chi connectivity index (χ1) is 8.88. The molecule has 2 unspecified atom stereocenters. The van der Waals surface area contributed by atoms with Crippen LogP contribution in [0.15, 0.2) is 12.1 Å². The fourth-order valence-electron chi connectivity index (χ4n) is 3.30. The second kappa shape index (κ2) is 5.17. The SMILES string of the molecule is Cc1ccc(C(NN)C2CCCC2(C)C)c(F)c1F. The van der Waals surface area contributed by atoms with E-state index in [2.05, 4.69) is 19.3 Å². The minimum Gasteiger partial charge on any atom is -0.271 e.